The topological polar surface area (TPSA) is 59.5 Å². The molecule has 0 aliphatic carbocycles. The first-order valence-electron chi connectivity index (χ1n) is 8.98. The average molecular weight is 382 g/mol. The van der Waals surface area contributed by atoms with Crippen LogP contribution in [0.5, 0.6) is 0 Å². The first kappa shape index (κ1) is 17.9. The van der Waals surface area contributed by atoms with Crippen LogP contribution in [0.1, 0.15) is 5.69 Å². The summed E-state index contributed by atoms with van der Waals surface area (Å²) >= 11 is 0. The van der Waals surface area contributed by atoms with Gasteiger partial charge in [0.1, 0.15) is 0 Å². The summed E-state index contributed by atoms with van der Waals surface area (Å²) in [5.74, 6) is 0. The molecule has 0 bridgehead atoms. The maximum absolute atomic E-state index is 12.6. The van der Waals surface area contributed by atoms with E-state index in [-0.39, 0.29) is 0 Å². The zero-order valence-corrected chi connectivity index (χ0v) is 16.3. The number of anilines is 1. The number of morpholine rings is 1. The molecule has 0 radical (unpaired) electrons. The third-order valence-electron chi connectivity index (χ3n) is 4.90. The first-order chi connectivity index (χ1) is 12.9. The smallest absolute Gasteiger partial charge is 0.177 e. The van der Waals surface area contributed by atoms with E-state index in [2.05, 4.69) is 22.0 Å². The van der Waals surface area contributed by atoms with E-state index < -0.39 is 9.84 Å². The molecular formula is C21H22N2O3S. The standard InChI is InChI=1S/C21H22N2O3S/c1-15-21(27(2,24)25)20(16-6-4-3-5-7-16)18-14-17(8-9-19(18)22-15)23-10-12-26-13-11-23/h3-9,14H,10-13H2,1-2H3. The lowest BCUT2D eigenvalue weighted by Gasteiger charge is -2.29. The first-order valence-corrected chi connectivity index (χ1v) is 10.9. The Labute approximate surface area is 159 Å². The van der Waals surface area contributed by atoms with Crippen molar-refractivity contribution in [3.05, 3.63) is 54.2 Å². The summed E-state index contributed by atoms with van der Waals surface area (Å²) in [6.45, 7) is 4.81. The Morgan fingerprint density at radius 1 is 1.04 bits per heavy atom. The summed E-state index contributed by atoms with van der Waals surface area (Å²) in [6, 6.07) is 15.8. The number of ether oxygens (including phenoxy) is 1. The van der Waals surface area contributed by atoms with Gasteiger partial charge < -0.3 is 9.64 Å². The Bertz CT molecular complexity index is 1090. The van der Waals surface area contributed by atoms with Crippen molar-refractivity contribution in [1.29, 1.82) is 0 Å². The number of pyridine rings is 1. The summed E-state index contributed by atoms with van der Waals surface area (Å²) in [5.41, 5.74) is 4.01. The zero-order chi connectivity index (χ0) is 19.0. The Morgan fingerprint density at radius 3 is 2.41 bits per heavy atom. The third kappa shape index (κ3) is 3.42. The molecule has 2 aromatic carbocycles. The molecule has 0 unspecified atom stereocenters. The van der Waals surface area contributed by atoms with Crippen molar-refractivity contribution >= 4 is 26.4 Å². The average Bonchev–Trinajstić information content (AvgIpc) is 2.67. The monoisotopic (exact) mass is 382 g/mol. The van der Waals surface area contributed by atoms with Crippen LogP contribution in [0.2, 0.25) is 0 Å². The number of aryl methyl sites for hydroxylation is 1. The van der Waals surface area contributed by atoms with Crippen molar-refractivity contribution in [2.75, 3.05) is 37.5 Å². The van der Waals surface area contributed by atoms with E-state index >= 15 is 0 Å². The molecule has 1 saturated heterocycles. The fourth-order valence-corrected chi connectivity index (χ4v) is 4.90. The number of fused-ring (bicyclic) bond motifs is 1. The second-order valence-corrected chi connectivity index (χ2v) is 8.79. The number of hydrogen-bond acceptors (Lipinski definition) is 5. The van der Waals surface area contributed by atoms with E-state index in [4.69, 9.17) is 4.74 Å². The number of benzene rings is 2. The summed E-state index contributed by atoms with van der Waals surface area (Å²) in [7, 11) is -3.44. The van der Waals surface area contributed by atoms with Crippen LogP contribution < -0.4 is 4.90 Å². The number of sulfone groups is 1. The van der Waals surface area contributed by atoms with Gasteiger partial charge in [-0.15, -0.1) is 0 Å². The molecule has 1 aliphatic heterocycles. The summed E-state index contributed by atoms with van der Waals surface area (Å²) in [5, 5.41) is 0.858. The molecule has 1 fully saturated rings. The van der Waals surface area contributed by atoms with Crippen LogP contribution in [0.3, 0.4) is 0 Å². The molecule has 0 saturated carbocycles. The van der Waals surface area contributed by atoms with Crippen molar-refractivity contribution < 1.29 is 13.2 Å². The summed E-state index contributed by atoms with van der Waals surface area (Å²) < 4.78 is 30.7. The highest BCUT2D eigenvalue weighted by molar-refractivity contribution is 7.91. The van der Waals surface area contributed by atoms with Gasteiger partial charge in [-0.25, -0.2) is 8.42 Å². The maximum atomic E-state index is 12.6. The van der Waals surface area contributed by atoms with Crippen LogP contribution in [0.15, 0.2) is 53.4 Å². The SMILES string of the molecule is Cc1nc2ccc(N3CCOCC3)cc2c(-c2ccccc2)c1S(C)(=O)=O. The highest BCUT2D eigenvalue weighted by Gasteiger charge is 2.23. The predicted molar refractivity (Wildman–Crippen MR) is 108 cm³/mol. The van der Waals surface area contributed by atoms with Crippen LogP contribution in [0, 0.1) is 6.92 Å². The van der Waals surface area contributed by atoms with Gasteiger partial charge in [-0.3, -0.25) is 4.98 Å². The van der Waals surface area contributed by atoms with E-state index in [0.717, 1.165) is 40.8 Å². The van der Waals surface area contributed by atoms with Gasteiger partial charge in [0.2, 0.25) is 0 Å². The van der Waals surface area contributed by atoms with E-state index in [1.54, 1.807) is 6.92 Å². The van der Waals surface area contributed by atoms with Gasteiger partial charge in [0.25, 0.3) is 0 Å². The van der Waals surface area contributed by atoms with E-state index in [0.29, 0.717) is 23.8 Å². The van der Waals surface area contributed by atoms with Gasteiger partial charge in [0.05, 0.1) is 29.3 Å². The number of hydrogen-bond donors (Lipinski definition) is 0. The molecule has 27 heavy (non-hydrogen) atoms. The lowest BCUT2D eigenvalue weighted by molar-refractivity contribution is 0.122. The van der Waals surface area contributed by atoms with Gasteiger partial charge in [0.15, 0.2) is 9.84 Å². The molecule has 5 nitrogen and oxygen atoms in total. The number of aromatic nitrogens is 1. The van der Waals surface area contributed by atoms with Crippen molar-refractivity contribution in [3.63, 3.8) is 0 Å². The van der Waals surface area contributed by atoms with Gasteiger partial charge in [-0.1, -0.05) is 30.3 Å². The Hall–Kier alpha value is -2.44. The molecule has 1 aromatic heterocycles. The van der Waals surface area contributed by atoms with Crippen LogP contribution in [-0.4, -0.2) is 46.0 Å². The molecule has 0 atom stereocenters. The maximum Gasteiger partial charge on any atom is 0.177 e. The Balaban J connectivity index is 2.03. The quantitative estimate of drug-likeness (QED) is 0.694. The molecule has 3 aromatic rings. The predicted octanol–water partition coefficient (Wildman–Crippen LogP) is 3.45. The zero-order valence-electron chi connectivity index (χ0n) is 15.5. The molecule has 4 rings (SSSR count). The van der Waals surface area contributed by atoms with Crippen LogP contribution in [0.4, 0.5) is 5.69 Å². The van der Waals surface area contributed by atoms with Crippen molar-refractivity contribution in [1.82, 2.24) is 4.98 Å². The minimum atomic E-state index is -3.44. The van der Waals surface area contributed by atoms with Crippen molar-refractivity contribution in [2.24, 2.45) is 0 Å². The number of nitrogens with zero attached hydrogens (tertiary/aromatic N) is 2. The summed E-state index contributed by atoms with van der Waals surface area (Å²) in [4.78, 5) is 7.16. The normalized spacial score (nSPS) is 15.3. The molecule has 140 valence electrons. The molecule has 6 heteroatoms. The van der Waals surface area contributed by atoms with Gasteiger partial charge in [0, 0.05) is 36.0 Å². The van der Waals surface area contributed by atoms with Gasteiger partial charge >= 0.3 is 0 Å². The van der Waals surface area contributed by atoms with Crippen molar-refractivity contribution in [2.45, 2.75) is 11.8 Å². The summed E-state index contributed by atoms with van der Waals surface area (Å²) in [6.07, 6.45) is 1.25. The minimum Gasteiger partial charge on any atom is -0.378 e. The molecule has 0 amide bonds. The van der Waals surface area contributed by atoms with Crippen molar-refractivity contribution in [3.8, 4) is 11.1 Å². The lowest BCUT2D eigenvalue weighted by atomic mass is 9.99. The molecular weight excluding hydrogens is 360 g/mol. The second kappa shape index (κ2) is 6.94. The molecule has 2 heterocycles. The van der Waals surface area contributed by atoms with Crippen LogP contribution in [0.25, 0.3) is 22.0 Å². The third-order valence-corrected chi connectivity index (χ3v) is 6.14. The van der Waals surface area contributed by atoms with Gasteiger partial charge in [-0.05, 0) is 30.7 Å². The molecule has 0 N–H and O–H groups in total. The Morgan fingerprint density at radius 2 is 1.74 bits per heavy atom. The minimum absolute atomic E-state index is 0.306. The largest absolute Gasteiger partial charge is 0.378 e. The van der Waals surface area contributed by atoms with Crippen LogP contribution in [-0.2, 0) is 14.6 Å². The Kier molecular flexibility index (Phi) is 4.61. The van der Waals surface area contributed by atoms with E-state index in [1.807, 2.05) is 36.4 Å². The lowest BCUT2D eigenvalue weighted by Crippen LogP contribution is -2.36. The highest BCUT2D eigenvalue weighted by Crippen LogP contribution is 2.37. The highest BCUT2D eigenvalue weighted by atomic mass is 32.2. The van der Waals surface area contributed by atoms with Crippen LogP contribution >= 0.6 is 0 Å². The molecule has 1 aliphatic rings. The van der Waals surface area contributed by atoms with E-state index in [9.17, 15) is 8.42 Å². The second-order valence-electron chi connectivity index (χ2n) is 6.84. The molecule has 0 spiro atoms. The fourth-order valence-electron chi connectivity index (χ4n) is 3.72. The number of rotatable bonds is 3. The van der Waals surface area contributed by atoms with E-state index in [1.165, 1.54) is 6.26 Å². The fraction of sp³-hybridized carbons (Fsp3) is 0.286. The van der Waals surface area contributed by atoms with Gasteiger partial charge in [-0.2, -0.15) is 0 Å².